The molecule has 0 unspecified atom stereocenters. The third-order valence-corrected chi connectivity index (χ3v) is 4.05. The van der Waals surface area contributed by atoms with Crippen molar-refractivity contribution in [1.29, 1.82) is 0 Å². The smallest absolute Gasteiger partial charge is 0.144 e. The zero-order valence-electron chi connectivity index (χ0n) is 11.4. The van der Waals surface area contributed by atoms with E-state index >= 15 is 0 Å². The number of hydrogen-bond acceptors (Lipinski definition) is 2. The van der Waals surface area contributed by atoms with Crippen molar-refractivity contribution < 1.29 is 0 Å². The Labute approximate surface area is 118 Å². The molecule has 3 heterocycles. The fourth-order valence-corrected chi connectivity index (χ4v) is 2.97. The molecule has 0 saturated carbocycles. The first-order valence-electron chi connectivity index (χ1n) is 7.19. The largest absolute Gasteiger partial charge is 0.372 e. The molecule has 3 heteroatoms. The van der Waals surface area contributed by atoms with Crippen LogP contribution < -0.4 is 4.90 Å². The van der Waals surface area contributed by atoms with Crippen LogP contribution in [-0.2, 0) is 0 Å². The number of aromatic nitrogens is 2. The van der Waals surface area contributed by atoms with Crippen LogP contribution in [0.15, 0.2) is 54.9 Å². The maximum Gasteiger partial charge on any atom is 0.144 e. The predicted molar refractivity (Wildman–Crippen MR) is 82.5 cm³/mol. The van der Waals surface area contributed by atoms with Crippen LogP contribution in [0.5, 0.6) is 0 Å². The van der Waals surface area contributed by atoms with Gasteiger partial charge in [-0.3, -0.25) is 0 Å². The molecule has 100 valence electrons. The fourth-order valence-electron chi connectivity index (χ4n) is 2.97. The van der Waals surface area contributed by atoms with Gasteiger partial charge in [0.1, 0.15) is 5.65 Å². The SMILES string of the molecule is c1cnc2c(c1)ccn2-c1ccc(N2CCCC2)cc1. The van der Waals surface area contributed by atoms with E-state index in [0.717, 1.165) is 5.65 Å². The van der Waals surface area contributed by atoms with Crippen LogP contribution in [-0.4, -0.2) is 22.6 Å². The third-order valence-electron chi connectivity index (χ3n) is 4.05. The lowest BCUT2D eigenvalue weighted by Crippen LogP contribution is -2.17. The molecule has 1 fully saturated rings. The zero-order valence-corrected chi connectivity index (χ0v) is 11.4. The summed E-state index contributed by atoms with van der Waals surface area (Å²) in [4.78, 5) is 6.92. The van der Waals surface area contributed by atoms with Crippen LogP contribution in [0.2, 0.25) is 0 Å². The molecule has 1 aromatic carbocycles. The monoisotopic (exact) mass is 263 g/mol. The number of hydrogen-bond donors (Lipinski definition) is 0. The van der Waals surface area contributed by atoms with Gasteiger partial charge in [0.25, 0.3) is 0 Å². The van der Waals surface area contributed by atoms with E-state index in [0.29, 0.717) is 0 Å². The van der Waals surface area contributed by atoms with Crippen LogP contribution in [0.3, 0.4) is 0 Å². The molecule has 4 rings (SSSR count). The average Bonchev–Trinajstić information content (AvgIpc) is 3.17. The van der Waals surface area contributed by atoms with E-state index in [-0.39, 0.29) is 0 Å². The van der Waals surface area contributed by atoms with E-state index in [2.05, 4.69) is 57.0 Å². The summed E-state index contributed by atoms with van der Waals surface area (Å²) >= 11 is 0. The Hall–Kier alpha value is -2.29. The van der Waals surface area contributed by atoms with Crippen molar-refractivity contribution >= 4 is 16.7 Å². The lowest BCUT2D eigenvalue weighted by Gasteiger charge is -2.17. The van der Waals surface area contributed by atoms with Crippen molar-refractivity contribution in [3.8, 4) is 5.69 Å². The number of nitrogens with zero attached hydrogens (tertiary/aromatic N) is 3. The van der Waals surface area contributed by atoms with Gasteiger partial charge in [0, 0.05) is 42.2 Å². The molecule has 0 spiro atoms. The molecule has 20 heavy (non-hydrogen) atoms. The Morgan fingerprint density at radius 3 is 2.40 bits per heavy atom. The molecule has 2 aromatic heterocycles. The normalized spacial score (nSPS) is 15.1. The van der Waals surface area contributed by atoms with Gasteiger partial charge in [-0.25, -0.2) is 4.98 Å². The molecule has 0 aliphatic carbocycles. The fraction of sp³-hybridized carbons (Fsp3) is 0.235. The molecule has 1 aliphatic heterocycles. The van der Waals surface area contributed by atoms with E-state index in [1.54, 1.807) is 0 Å². The third kappa shape index (κ3) is 1.86. The van der Waals surface area contributed by atoms with Gasteiger partial charge >= 0.3 is 0 Å². The zero-order chi connectivity index (χ0) is 13.4. The van der Waals surface area contributed by atoms with Crippen LogP contribution in [0.4, 0.5) is 5.69 Å². The highest BCUT2D eigenvalue weighted by Gasteiger charge is 2.12. The van der Waals surface area contributed by atoms with Crippen LogP contribution in [0, 0.1) is 0 Å². The molecule has 0 radical (unpaired) electrons. The van der Waals surface area contributed by atoms with Crippen molar-refractivity contribution in [2.24, 2.45) is 0 Å². The number of benzene rings is 1. The van der Waals surface area contributed by atoms with Gasteiger partial charge in [-0.05, 0) is 55.3 Å². The Balaban J connectivity index is 1.71. The predicted octanol–water partition coefficient (Wildman–Crippen LogP) is 3.63. The minimum Gasteiger partial charge on any atom is -0.372 e. The highest BCUT2D eigenvalue weighted by atomic mass is 15.1. The maximum absolute atomic E-state index is 4.47. The Kier molecular flexibility index (Phi) is 2.69. The number of rotatable bonds is 2. The summed E-state index contributed by atoms with van der Waals surface area (Å²) in [7, 11) is 0. The van der Waals surface area contributed by atoms with Gasteiger partial charge in [-0.15, -0.1) is 0 Å². The first kappa shape index (κ1) is 11.5. The average molecular weight is 263 g/mol. The van der Waals surface area contributed by atoms with Crippen molar-refractivity contribution in [3.05, 3.63) is 54.9 Å². The van der Waals surface area contributed by atoms with E-state index in [1.165, 1.54) is 42.7 Å². The van der Waals surface area contributed by atoms with E-state index in [1.807, 2.05) is 12.3 Å². The van der Waals surface area contributed by atoms with Gasteiger partial charge in [-0.2, -0.15) is 0 Å². The van der Waals surface area contributed by atoms with E-state index in [9.17, 15) is 0 Å². The first-order valence-corrected chi connectivity index (χ1v) is 7.19. The Morgan fingerprint density at radius 1 is 0.850 bits per heavy atom. The summed E-state index contributed by atoms with van der Waals surface area (Å²) in [6, 6.07) is 15.0. The lowest BCUT2D eigenvalue weighted by atomic mass is 10.2. The molecule has 0 bridgehead atoms. The number of pyridine rings is 1. The van der Waals surface area contributed by atoms with Gasteiger partial charge in [0.05, 0.1) is 0 Å². The summed E-state index contributed by atoms with van der Waals surface area (Å²) in [5.74, 6) is 0. The number of anilines is 1. The topological polar surface area (TPSA) is 21.1 Å². The second-order valence-corrected chi connectivity index (χ2v) is 5.31. The molecule has 1 saturated heterocycles. The summed E-state index contributed by atoms with van der Waals surface area (Å²) in [5.41, 5.74) is 3.51. The Morgan fingerprint density at radius 2 is 1.60 bits per heavy atom. The second kappa shape index (κ2) is 4.67. The molecule has 0 atom stereocenters. The van der Waals surface area contributed by atoms with Crippen molar-refractivity contribution in [1.82, 2.24) is 9.55 Å². The molecule has 3 nitrogen and oxygen atoms in total. The van der Waals surface area contributed by atoms with Gasteiger partial charge < -0.3 is 9.47 Å². The molecular formula is C17H17N3. The highest BCUT2D eigenvalue weighted by molar-refractivity contribution is 5.78. The molecular weight excluding hydrogens is 246 g/mol. The number of fused-ring (bicyclic) bond motifs is 1. The van der Waals surface area contributed by atoms with Crippen LogP contribution >= 0.6 is 0 Å². The highest BCUT2D eigenvalue weighted by Crippen LogP contribution is 2.23. The van der Waals surface area contributed by atoms with Crippen molar-refractivity contribution in [2.45, 2.75) is 12.8 Å². The molecule has 1 aliphatic rings. The first-order chi connectivity index (χ1) is 9.92. The van der Waals surface area contributed by atoms with Crippen molar-refractivity contribution in [3.63, 3.8) is 0 Å². The summed E-state index contributed by atoms with van der Waals surface area (Å²) in [5, 5.41) is 1.18. The standard InChI is InChI=1S/C17H17N3/c1-2-12-19(11-1)15-5-7-16(8-6-15)20-13-9-14-4-3-10-18-17(14)20/h3-10,13H,1-2,11-12H2. The minimum absolute atomic E-state index is 1.02. The maximum atomic E-state index is 4.47. The van der Waals surface area contributed by atoms with Crippen LogP contribution in [0.25, 0.3) is 16.7 Å². The van der Waals surface area contributed by atoms with E-state index in [4.69, 9.17) is 0 Å². The summed E-state index contributed by atoms with van der Waals surface area (Å²) in [6.07, 6.45) is 6.56. The van der Waals surface area contributed by atoms with Gasteiger partial charge in [0.2, 0.25) is 0 Å². The van der Waals surface area contributed by atoms with Gasteiger partial charge in [-0.1, -0.05) is 0 Å². The van der Waals surface area contributed by atoms with E-state index < -0.39 is 0 Å². The lowest BCUT2D eigenvalue weighted by molar-refractivity contribution is 0.949. The quantitative estimate of drug-likeness (QED) is 0.704. The van der Waals surface area contributed by atoms with Gasteiger partial charge in [0.15, 0.2) is 0 Å². The van der Waals surface area contributed by atoms with Crippen LogP contribution in [0.1, 0.15) is 12.8 Å². The van der Waals surface area contributed by atoms with Crippen molar-refractivity contribution in [2.75, 3.05) is 18.0 Å². The second-order valence-electron chi connectivity index (χ2n) is 5.31. The summed E-state index contributed by atoms with van der Waals surface area (Å²) < 4.78 is 2.14. The summed E-state index contributed by atoms with van der Waals surface area (Å²) in [6.45, 7) is 2.38. The molecule has 0 amide bonds. The molecule has 0 N–H and O–H groups in total. The Bertz CT molecular complexity index is 721. The molecule has 3 aromatic rings. The minimum atomic E-state index is 1.02.